The van der Waals surface area contributed by atoms with Gasteiger partial charge in [0, 0.05) is 0 Å². The van der Waals surface area contributed by atoms with E-state index in [1.807, 2.05) is 0 Å². The normalized spacial score (nSPS) is 15.5. The Labute approximate surface area is 292 Å². The van der Waals surface area contributed by atoms with Crippen molar-refractivity contribution in [3.8, 4) is 22.3 Å². The van der Waals surface area contributed by atoms with Crippen LogP contribution in [0.3, 0.4) is 0 Å². The van der Waals surface area contributed by atoms with Gasteiger partial charge in [-0.2, -0.15) is 0 Å². The maximum atomic E-state index is 6.73. The van der Waals surface area contributed by atoms with Crippen LogP contribution in [0.2, 0.25) is 0 Å². The van der Waals surface area contributed by atoms with E-state index >= 15 is 0 Å². The molecular formula is C28H42B16O2. The summed E-state index contributed by atoms with van der Waals surface area (Å²) < 4.78 is 13.5. The maximum Gasteiger partial charge on any atom is 0.493 e. The predicted molar refractivity (Wildman–Crippen MR) is 253 cm³/mol. The van der Waals surface area contributed by atoms with Crippen LogP contribution in [0.4, 0.5) is 0 Å². The molecule has 1 heterocycles. The van der Waals surface area contributed by atoms with Gasteiger partial charge < -0.3 is 9.31 Å². The first-order valence-corrected chi connectivity index (χ1v) is 17.2. The van der Waals surface area contributed by atoms with Crippen LogP contribution in [0.5, 0.6) is 0 Å². The Morgan fingerprint density at radius 2 is 0.587 bits per heavy atom. The van der Waals surface area contributed by atoms with Gasteiger partial charge in [0.2, 0.25) is 0 Å². The van der Waals surface area contributed by atoms with E-state index in [2.05, 4.69) is 145 Å². The number of rotatable bonds is 3. The maximum absolute atomic E-state index is 6.73. The zero-order chi connectivity index (χ0) is 34.7. The third-order valence-corrected chi connectivity index (χ3v) is 13.2. The Balaban J connectivity index is 2.02. The highest BCUT2D eigenvalue weighted by molar-refractivity contribution is 6.78. The van der Waals surface area contributed by atoms with Crippen molar-refractivity contribution in [3.63, 3.8) is 0 Å². The lowest BCUT2D eigenvalue weighted by Gasteiger charge is -2.32. The summed E-state index contributed by atoms with van der Waals surface area (Å²) >= 11 is 0. The lowest BCUT2D eigenvalue weighted by atomic mass is 9.53. The highest BCUT2D eigenvalue weighted by atomic mass is 16.7. The summed E-state index contributed by atoms with van der Waals surface area (Å²) in [4.78, 5) is 0. The van der Waals surface area contributed by atoms with E-state index in [1.165, 1.54) is 120 Å². The Hall–Kier alpha value is -1.90. The standard InChI is InChI=1S/C28H42B16O2/c1-27(2)28(3,4)46-44(45-27)26-18(36)10(17(35)23(41)25(26)43)8-6-5(13(31)19(37)20(38)14(6)32)7(11(29)12(8)30)9-15(33)21(39)24(42)22(40)16(9)34/h29-43H2,1-4H3. The highest BCUT2D eigenvalue weighted by Gasteiger charge is 2.52. The molecule has 4 aromatic carbocycles. The van der Waals surface area contributed by atoms with Gasteiger partial charge in [-0.15, -0.1) is 32.8 Å². The second-order valence-electron chi connectivity index (χ2n) is 15.6. The first-order valence-electron chi connectivity index (χ1n) is 17.2. The highest BCUT2D eigenvalue weighted by Crippen LogP contribution is 2.36. The Morgan fingerprint density at radius 3 is 0.957 bits per heavy atom. The van der Waals surface area contributed by atoms with Gasteiger partial charge in [-0.25, -0.2) is 0 Å². The second-order valence-corrected chi connectivity index (χ2v) is 15.6. The molecule has 0 radical (unpaired) electrons. The van der Waals surface area contributed by atoms with Crippen molar-refractivity contribution >= 4 is 223 Å². The van der Waals surface area contributed by atoms with Crippen LogP contribution in [0.25, 0.3) is 33.0 Å². The summed E-state index contributed by atoms with van der Waals surface area (Å²) in [6, 6.07) is 0. The van der Waals surface area contributed by atoms with Gasteiger partial charge in [0.1, 0.15) is 118 Å². The summed E-state index contributed by atoms with van der Waals surface area (Å²) in [5, 5.41) is 2.80. The number of hydrogen-bond acceptors (Lipinski definition) is 2. The third kappa shape index (κ3) is 4.85. The van der Waals surface area contributed by atoms with Crippen LogP contribution in [0.1, 0.15) is 27.7 Å². The van der Waals surface area contributed by atoms with Crippen LogP contribution < -0.4 is 87.4 Å². The molecule has 2 nitrogen and oxygen atoms in total. The van der Waals surface area contributed by atoms with Crippen molar-refractivity contribution in [2.75, 3.05) is 0 Å². The average Bonchev–Trinajstić information content (AvgIpc) is 3.20. The van der Waals surface area contributed by atoms with Crippen LogP contribution >= 0.6 is 0 Å². The average molecular weight is 584 g/mol. The molecular weight excluding hydrogens is 541 g/mol. The molecule has 0 unspecified atom stereocenters. The molecule has 46 heavy (non-hydrogen) atoms. The third-order valence-electron chi connectivity index (χ3n) is 13.2. The number of hydrogen-bond donors (Lipinski definition) is 0. The summed E-state index contributed by atoms with van der Waals surface area (Å²) in [6.45, 7) is 8.59. The van der Waals surface area contributed by atoms with Crippen molar-refractivity contribution in [2.45, 2.75) is 38.9 Å². The van der Waals surface area contributed by atoms with E-state index < -0.39 is 18.3 Å². The van der Waals surface area contributed by atoms with Crippen LogP contribution in [-0.2, 0) is 9.31 Å². The van der Waals surface area contributed by atoms with E-state index in [0.717, 1.165) is 0 Å². The van der Waals surface area contributed by atoms with E-state index in [0.29, 0.717) is 0 Å². The Kier molecular flexibility index (Phi) is 8.94. The second kappa shape index (κ2) is 11.6. The smallest absolute Gasteiger partial charge is 0.399 e. The van der Waals surface area contributed by atoms with E-state index in [4.69, 9.17) is 9.31 Å². The minimum absolute atomic E-state index is 0.404. The molecule has 0 bridgehead atoms. The van der Waals surface area contributed by atoms with Crippen molar-refractivity contribution in [3.05, 3.63) is 0 Å². The monoisotopic (exact) mass is 586 g/mol. The first-order chi connectivity index (χ1) is 21.1. The molecule has 1 aliphatic rings. The molecule has 1 saturated heterocycles. The summed E-state index contributed by atoms with van der Waals surface area (Å²) in [6.07, 6.45) is 0. The lowest BCUT2D eigenvalue weighted by Crippen LogP contribution is -2.62. The molecule has 214 valence electrons. The molecule has 0 aromatic heterocycles. The summed E-state index contributed by atoms with van der Waals surface area (Å²) in [5.41, 5.74) is 26.4. The van der Waals surface area contributed by atoms with Crippen LogP contribution in [0.15, 0.2) is 0 Å². The quantitative estimate of drug-likeness (QED) is 0.223. The molecule has 5 rings (SSSR count). The van der Waals surface area contributed by atoms with E-state index in [-0.39, 0.29) is 0 Å². The molecule has 0 amide bonds. The largest absolute Gasteiger partial charge is 0.493 e. The van der Waals surface area contributed by atoms with Crippen molar-refractivity contribution in [1.82, 2.24) is 0 Å². The predicted octanol–water partition coefficient (Wildman–Crippen LogP) is -19.7. The molecule has 0 aliphatic carbocycles. The zero-order valence-electron chi connectivity index (χ0n) is 32.4. The molecule has 0 N–H and O–H groups in total. The van der Waals surface area contributed by atoms with Crippen molar-refractivity contribution in [2.24, 2.45) is 0 Å². The molecule has 0 atom stereocenters. The van der Waals surface area contributed by atoms with Gasteiger partial charge in [-0.3, -0.25) is 0 Å². The molecule has 0 saturated carbocycles. The fourth-order valence-electron chi connectivity index (χ4n) is 8.24. The lowest BCUT2D eigenvalue weighted by molar-refractivity contribution is 0.00578. The first kappa shape index (κ1) is 35.4. The van der Waals surface area contributed by atoms with Gasteiger partial charge in [-0.05, 0) is 66.2 Å². The number of benzene rings is 4. The van der Waals surface area contributed by atoms with Gasteiger partial charge in [0.05, 0.1) is 11.2 Å². The number of fused-ring (bicyclic) bond motifs is 1. The van der Waals surface area contributed by atoms with E-state index in [1.54, 1.807) is 0 Å². The van der Waals surface area contributed by atoms with E-state index in [9.17, 15) is 0 Å². The minimum atomic E-state index is -0.411. The van der Waals surface area contributed by atoms with Crippen molar-refractivity contribution in [1.29, 1.82) is 0 Å². The fraction of sp³-hybridized carbons (Fsp3) is 0.214. The Morgan fingerprint density at radius 1 is 0.326 bits per heavy atom. The van der Waals surface area contributed by atoms with Gasteiger partial charge in [-0.1, -0.05) is 49.2 Å². The SMILES string of the molecule is Bc1c(B)c(B)c(-c2c(B)c(B)c(-c3c(B)c(B)c(B)c(B4OC(C)(C)C(C)(C)O4)c3B)c3c(B)c(B)c(B)c(B)c23)c(B)c1B. The van der Waals surface area contributed by atoms with Crippen LogP contribution in [0, 0.1) is 0 Å². The zero-order valence-corrected chi connectivity index (χ0v) is 32.4. The molecule has 4 aromatic rings. The minimum Gasteiger partial charge on any atom is -0.399 e. The summed E-state index contributed by atoms with van der Waals surface area (Å²) in [7, 11) is 34.3. The van der Waals surface area contributed by atoms with Crippen LogP contribution in [-0.4, -0.2) is 136 Å². The van der Waals surface area contributed by atoms with Crippen molar-refractivity contribution < 1.29 is 9.31 Å². The van der Waals surface area contributed by atoms with Gasteiger partial charge >= 0.3 is 7.12 Å². The fourth-order valence-corrected chi connectivity index (χ4v) is 8.24. The van der Waals surface area contributed by atoms with Gasteiger partial charge in [0.15, 0.2) is 0 Å². The van der Waals surface area contributed by atoms with Gasteiger partial charge in [0.25, 0.3) is 0 Å². The molecule has 1 aliphatic heterocycles. The molecule has 1 fully saturated rings. The summed E-state index contributed by atoms with van der Waals surface area (Å²) in [5.74, 6) is 0. The topological polar surface area (TPSA) is 18.5 Å². The molecule has 18 heteroatoms. The Bertz CT molecular complexity index is 1980. The molecule has 0 spiro atoms.